The number of benzene rings is 1. The predicted molar refractivity (Wildman–Crippen MR) is 70.2 cm³/mol. The lowest BCUT2D eigenvalue weighted by Crippen LogP contribution is -2.42. The zero-order valence-corrected chi connectivity index (χ0v) is 11.2. The van der Waals surface area contributed by atoms with Crippen molar-refractivity contribution >= 4 is 11.6 Å². The second-order valence-electron chi connectivity index (χ2n) is 5.21. The molecule has 0 amide bonds. The van der Waals surface area contributed by atoms with Crippen LogP contribution in [0.5, 0.6) is 0 Å². The van der Waals surface area contributed by atoms with Gasteiger partial charge in [0.2, 0.25) is 0 Å². The Labute approximate surface area is 112 Å². The first-order valence-electron chi connectivity index (χ1n) is 6.33. The Balaban J connectivity index is 2.13. The Morgan fingerprint density at radius 1 is 1.50 bits per heavy atom. The molecule has 0 spiro atoms. The summed E-state index contributed by atoms with van der Waals surface area (Å²) in [4.78, 5) is 0. The van der Waals surface area contributed by atoms with Crippen molar-refractivity contribution in [3.8, 4) is 0 Å². The molecule has 1 aliphatic rings. The SMILES string of the molecule is CC(F)(Cc1cccc(F)c1Cl)C1CCCNC1. The minimum Gasteiger partial charge on any atom is -0.316 e. The van der Waals surface area contributed by atoms with Crippen molar-refractivity contribution in [2.24, 2.45) is 5.92 Å². The summed E-state index contributed by atoms with van der Waals surface area (Å²) in [5.41, 5.74) is -0.808. The Morgan fingerprint density at radius 2 is 2.28 bits per heavy atom. The summed E-state index contributed by atoms with van der Waals surface area (Å²) in [5.74, 6) is -0.516. The lowest BCUT2D eigenvalue weighted by molar-refractivity contribution is 0.0833. The quantitative estimate of drug-likeness (QED) is 0.884. The van der Waals surface area contributed by atoms with E-state index >= 15 is 0 Å². The maximum absolute atomic E-state index is 14.8. The molecule has 0 bridgehead atoms. The van der Waals surface area contributed by atoms with E-state index in [0.29, 0.717) is 12.1 Å². The van der Waals surface area contributed by atoms with Crippen LogP contribution in [0.1, 0.15) is 25.3 Å². The molecule has 2 unspecified atom stereocenters. The number of rotatable bonds is 3. The Kier molecular flexibility index (Phi) is 4.23. The highest BCUT2D eigenvalue weighted by Gasteiger charge is 2.35. The summed E-state index contributed by atoms with van der Waals surface area (Å²) >= 11 is 5.88. The lowest BCUT2D eigenvalue weighted by Gasteiger charge is -2.34. The molecule has 0 aliphatic carbocycles. The van der Waals surface area contributed by atoms with Crippen molar-refractivity contribution in [3.05, 3.63) is 34.6 Å². The molecule has 1 saturated heterocycles. The number of hydrogen-bond donors (Lipinski definition) is 1. The van der Waals surface area contributed by atoms with Gasteiger partial charge in [0.25, 0.3) is 0 Å². The van der Waals surface area contributed by atoms with Gasteiger partial charge in [-0.3, -0.25) is 0 Å². The fraction of sp³-hybridized carbons (Fsp3) is 0.571. The van der Waals surface area contributed by atoms with E-state index in [2.05, 4.69) is 5.32 Å². The van der Waals surface area contributed by atoms with E-state index in [0.717, 1.165) is 19.4 Å². The molecule has 2 atom stereocenters. The molecule has 1 N–H and O–H groups in total. The van der Waals surface area contributed by atoms with Crippen LogP contribution in [0.4, 0.5) is 8.78 Å². The smallest absolute Gasteiger partial charge is 0.142 e. The Morgan fingerprint density at radius 3 is 2.94 bits per heavy atom. The second-order valence-corrected chi connectivity index (χ2v) is 5.59. The fourth-order valence-electron chi connectivity index (χ4n) is 2.57. The molecular weight excluding hydrogens is 256 g/mol. The van der Waals surface area contributed by atoms with Crippen LogP contribution in [-0.4, -0.2) is 18.8 Å². The van der Waals surface area contributed by atoms with E-state index in [4.69, 9.17) is 11.6 Å². The molecule has 1 heterocycles. The number of halogens is 3. The van der Waals surface area contributed by atoms with Crippen molar-refractivity contribution in [1.29, 1.82) is 0 Å². The molecule has 1 aromatic rings. The molecule has 0 radical (unpaired) electrons. The Bertz CT molecular complexity index is 414. The van der Waals surface area contributed by atoms with Gasteiger partial charge in [-0.15, -0.1) is 0 Å². The normalized spacial score (nSPS) is 23.7. The molecule has 4 heteroatoms. The van der Waals surface area contributed by atoms with Crippen LogP contribution < -0.4 is 5.32 Å². The molecule has 100 valence electrons. The molecule has 0 aromatic heterocycles. The van der Waals surface area contributed by atoms with Gasteiger partial charge in [-0.25, -0.2) is 8.78 Å². The van der Waals surface area contributed by atoms with Crippen molar-refractivity contribution in [2.75, 3.05) is 13.1 Å². The highest BCUT2D eigenvalue weighted by Crippen LogP contribution is 2.33. The van der Waals surface area contributed by atoms with Gasteiger partial charge >= 0.3 is 0 Å². The summed E-state index contributed by atoms with van der Waals surface area (Å²) < 4.78 is 28.1. The van der Waals surface area contributed by atoms with Crippen LogP contribution in [0.15, 0.2) is 18.2 Å². The molecular formula is C14H18ClF2N. The maximum Gasteiger partial charge on any atom is 0.142 e. The topological polar surface area (TPSA) is 12.0 Å². The molecule has 1 fully saturated rings. The minimum absolute atomic E-state index is 0.0365. The summed E-state index contributed by atoms with van der Waals surface area (Å²) in [6.07, 6.45) is 2.02. The third-order valence-corrected chi connectivity index (χ3v) is 4.14. The molecule has 1 aromatic carbocycles. The van der Waals surface area contributed by atoms with Crippen LogP contribution in [0.2, 0.25) is 5.02 Å². The standard InChI is InChI=1S/C14H18ClF2N/c1-14(17,11-5-3-7-18-9-11)8-10-4-2-6-12(16)13(10)15/h2,4,6,11,18H,3,5,7-9H2,1H3. The van der Waals surface area contributed by atoms with Gasteiger partial charge < -0.3 is 5.32 Å². The van der Waals surface area contributed by atoms with E-state index in [-0.39, 0.29) is 17.4 Å². The predicted octanol–water partition coefficient (Wildman–Crippen LogP) is 3.75. The molecule has 1 aliphatic heterocycles. The van der Waals surface area contributed by atoms with E-state index in [1.807, 2.05) is 0 Å². The number of alkyl halides is 1. The number of piperidine rings is 1. The summed E-state index contributed by atoms with van der Waals surface area (Å²) in [6, 6.07) is 4.56. The van der Waals surface area contributed by atoms with Crippen LogP contribution in [0.3, 0.4) is 0 Å². The third-order valence-electron chi connectivity index (χ3n) is 3.72. The number of nitrogens with one attached hydrogen (secondary N) is 1. The van der Waals surface area contributed by atoms with Gasteiger partial charge in [0, 0.05) is 18.9 Å². The van der Waals surface area contributed by atoms with Crippen molar-refractivity contribution in [3.63, 3.8) is 0 Å². The van der Waals surface area contributed by atoms with Crippen molar-refractivity contribution < 1.29 is 8.78 Å². The van der Waals surface area contributed by atoms with Gasteiger partial charge in [-0.05, 0) is 37.9 Å². The van der Waals surface area contributed by atoms with Gasteiger partial charge in [0.05, 0.1) is 5.02 Å². The first kappa shape index (κ1) is 13.8. The van der Waals surface area contributed by atoms with Gasteiger partial charge in [-0.1, -0.05) is 23.7 Å². The number of hydrogen-bond acceptors (Lipinski definition) is 1. The zero-order valence-electron chi connectivity index (χ0n) is 10.5. The van der Waals surface area contributed by atoms with Crippen LogP contribution in [-0.2, 0) is 6.42 Å². The van der Waals surface area contributed by atoms with Gasteiger partial charge in [0.1, 0.15) is 11.5 Å². The molecule has 18 heavy (non-hydrogen) atoms. The first-order valence-corrected chi connectivity index (χ1v) is 6.71. The van der Waals surface area contributed by atoms with Crippen LogP contribution >= 0.6 is 11.6 Å². The maximum atomic E-state index is 14.8. The van der Waals surface area contributed by atoms with E-state index in [9.17, 15) is 8.78 Å². The monoisotopic (exact) mass is 273 g/mol. The Hall–Kier alpha value is -0.670. The highest BCUT2D eigenvalue weighted by atomic mass is 35.5. The van der Waals surface area contributed by atoms with Gasteiger partial charge in [-0.2, -0.15) is 0 Å². The third kappa shape index (κ3) is 3.01. The average Bonchev–Trinajstić information content (AvgIpc) is 2.36. The van der Waals surface area contributed by atoms with Gasteiger partial charge in [0.15, 0.2) is 0 Å². The summed E-state index contributed by atoms with van der Waals surface area (Å²) in [6.45, 7) is 3.22. The van der Waals surface area contributed by atoms with E-state index in [1.54, 1.807) is 19.1 Å². The minimum atomic E-state index is -1.36. The van der Waals surface area contributed by atoms with Crippen molar-refractivity contribution in [2.45, 2.75) is 31.9 Å². The van der Waals surface area contributed by atoms with E-state index in [1.165, 1.54) is 6.07 Å². The summed E-state index contributed by atoms with van der Waals surface area (Å²) in [5, 5.41) is 3.25. The second kappa shape index (κ2) is 5.54. The van der Waals surface area contributed by atoms with E-state index < -0.39 is 11.5 Å². The van der Waals surface area contributed by atoms with Crippen LogP contribution in [0.25, 0.3) is 0 Å². The summed E-state index contributed by atoms with van der Waals surface area (Å²) in [7, 11) is 0. The molecule has 1 nitrogen and oxygen atoms in total. The highest BCUT2D eigenvalue weighted by molar-refractivity contribution is 6.31. The largest absolute Gasteiger partial charge is 0.316 e. The molecule has 0 saturated carbocycles. The van der Waals surface area contributed by atoms with Crippen LogP contribution in [0, 0.1) is 11.7 Å². The first-order chi connectivity index (χ1) is 8.50. The fourth-order valence-corrected chi connectivity index (χ4v) is 2.76. The van der Waals surface area contributed by atoms with Crippen molar-refractivity contribution in [1.82, 2.24) is 5.32 Å². The lowest BCUT2D eigenvalue weighted by atomic mass is 9.81. The average molecular weight is 274 g/mol. The zero-order chi connectivity index (χ0) is 13.2. The molecule has 2 rings (SSSR count).